The molecular weight excluding hydrogens is 478 g/mol. The number of imidazole rings is 1. The summed E-state index contributed by atoms with van der Waals surface area (Å²) in [5, 5.41) is 11.6. The van der Waals surface area contributed by atoms with Crippen molar-refractivity contribution in [3.63, 3.8) is 0 Å². The predicted octanol–water partition coefficient (Wildman–Crippen LogP) is 5.84. The Morgan fingerprint density at radius 3 is 2.61 bits per heavy atom. The maximum atomic E-state index is 13.5. The SMILES string of the molecule is CCCC(N)n1c(O)c2c(c1-c1ccc(C)cc1)C(=O)N=C2c1nc2n3c(cccc13)Oc1ccccc1-2. The molecule has 5 heterocycles. The Morgan fingerprint density at radius 2 is 1.82 bits per heavy atom. The van der Waals surface area contributed by atoms with Gasteiger partial charge in [0.1, 0.15) is 17.2 Å². The first-order chi connectivity index (χ1) is 18.5. The molecule has 2 aromatic carbocycles. The van der Waals surface area contributed by atoms with Crippen molar-refractivity contribution >= 4 is 17.1 Å². The molecule has 8 heteroatoms. The van der Waals surface area contributed by atoms with Gasteiger partial charge in [0.15, 0.2) is 5.82 Å². The molecule has 0 spiro atoms. The number of aromatic nitrogens is 3. The molecule has 0 bridgehead atoms. The Labute approximate surface area is 218 Å². The summed E-state index contributed by atoms with van der Waals surface area (Å²) in [7, 11) is 0. The first-order valence-corrected chi connectivity index (χ1v) is 12.7. The number of pyridine rings is 1. The van der Waals surface area contributed by atoms with E-state index in [1.54, 1.807) is 4.57 Å². The first-order valence-electron chi connectivity index (χ1n) is 12.7. The Bertz CT molecular complexity index is 1810. The van der Waals surface area contributed by atoms with E-state index in [-0.39, 0.29) is 5.88 Å². The van der Waals surface area contributed by atoms with Crippen molar-refractivity contribution in [1.29, 1.82) is 0 Å². The molecule has 3 N–H and O–H groups in total. The number of nitrogens with zero attached hydrogens (tertiary/aromatic N) is 4. The smallest absolute Gasteiger partial charge is 0.280 e. The minimum Gasteiger partial charge on any atom is -0.494 e. The van der Waals surface area contributed by atoms with E-state index >= 15 is 0 Å². The molecule has 0 saturated carbocycles. The van der Waals surface area contributed by atoms with Crippen LogP contribution in [0.3, 0.4) is 0 Å². The number of rotatable bonds is 5. The average Bonchev–Trinajstić information content (AvgIpc) is 3.56. The summed E-state index contributed by atoms with van der Waals surface area (Å²) < 4.78 is 9.73. The maximum Gasteiger partial charge on any atom is 0.280 e. The summed E-state index contributed by atoms with van der Waals surface area (Å²) in [5.74, 6) is 1.51. The topological polar surface area (TPSA) is 107 Å². The lowest BCUT2D eigenvalue weighted by molar-refractivity contribution is 0.101. The zero-order valence-corrected chi connectivity index (χ0v) is 21.0. The number of fused-ring (bicyclic) bond motifs is 3. The minimum absolute atomic E-state index is 0.0773. The quantitative estimate of drug-likeness (QED) is 0.307. The molecule has 1 atom stereocenters. The number of carbonyl (C=O) groups is 1. The van der Waals surface area contributed by atoms with Crippen LogP contribution >= 0.6 is 0 Å². The number of hydrogen-bond donors (Lipinski definition) is 2. The molecule has 3 aromatic heterocycles. The second-order valence-corrected chi connectivity index (χ2v) is 9.75. The van der Waals surface area contributed by atoms with Gasteiger partial charge in [0.2, 0.25) is 11.8 Å². The van der Waals surface area contributed by atoms with Crippen molar-refractivity contribution in [2.45, 2.75) is 32.9 Å². The predicted molar refractivity (Wildman–Crippen MR) is 145 cm³/mol. The normalized spacial score (nSPS) is 14.3. The van der Waals surface area contributed by atoms with Gasteiger partial charge in [-0.25, -0.2) is 9.98 Å². The molecule has 0 radical (unpaired) electrons. The number of aliphatic imine (C=N–C) groups is 1. The average molecular weight is 504 g/mol. The van der Waals surface area contributed by atoms with Crippen molar-refractivity contribution in [2.75, 3.05) is 0 Å². The third kappa shape index (κ3) is 3.04. The summed E-state index contributed by atoms with van der Waals surface area (Å²) >= 11 is 0. The van der Waals surface area contributed by atoms with Crippen LogP contribution < -0.4 is 10.5 Å². The van der Waals surface area contributed by atoms with E-state index in [4.69, 9.17) is 15.5 Å². The second-order valence-electron chi connectivity index (χ2n) is 9.75. The van der Waals surface area contributed by atoms with E-state index < -0.39 is 12.1 Å². The van der Waals surface area contributed by atoms with Crippen LogP contribution in [0.4, 0.5) is 0 Å². The monoisotopic (exact) mass is 503 g/mol. The van der Waals surface area contributed by atoms with Gasteiger partial charge in [-0.05, 0) is 43.2 Å². The lowest BCUT2D eigenvalue weighted by Crippen LogP contribution is -2.19. The highest BCUT2D eigenvalue weighted by atomic mass is 16.5. The molecule has 8 nitrogen and oxygen atoms in total. The highest BCUT2D eigenvalue weighted by Gasteiger charge is 2.39. The fourth-order valence-corrected chi connectivity index (χ4v) is 5.53. The summed E-state index contributed by atoms with van der Waals surface area (Å²) in [6.45, 7) is 4.04. The van der Waals surface area contributed by atoms with Crippen LogP contribution in [0.25, 0.3) is 28.2 Å². The number of ether oxygens (including phenoxy) is 1. The van der Waals surface area contributed by atoms with Gasteiger partial charge in [0.25, 0.3) is 5.91 Å². The van der Waals surface area contributed by atoms with Crippen molar-refractivity contribution in [2.24, 2.45) is 10.7 Å². The maximum absolute atomic E-state index is 13.5. The molecule has 0 saturated heterocycles. The van der Waals surface area contributed by atoms with Gasteiger partial charge in [-0.1, -0.05) is 61.4 Å². The Morgan fingerprint density at radius 1 is 1.03 bits per heavy atom. The number of aryl methyl sites for hydroxylation is 1. The Kier molecular flexibility index (Phi) is 4.83. The van der Waals surface area contributed by atoms with Gasteiger partial charge < -0.3 is 15.6 Å². The summed E-state index contributed by atoms with van der Waals surface area (Å²) in [5.41, 5.74) is 12.1. The Hall–Kier alpha value is -4.69. The molecule has 1 amide bonds. The Balaban J connectivity index is 1.49. The molecule has 1 unspecified atom stereocenters. The number of aromatic hydroxyl groups is 1. The third-order valence-electron chi connectivity index (χ3n) is 7.28. The zero-order chi connectivity index (χ0) is 26.1. The van der Waals surface area contributed by atoms with Crippen LogP contribution in [0.2, 0.25) is 0 Å². The largest absolute Gasteiger partial charge is 0.494 e. The van der Waals surface area contributed by atoms with Crippen molar-refractivity contribution in [3.05, 3.63) is 89.1 Å². The molecule has 2 aliphatic rings. The number of benzene rings is 2. The van der Waals surface area contributed by atoms with Crippen LogP contribution in [0.15, 0.2) is 71.7 Å². The summed E-state index contributed by atoms with van der Waals surface area (Å²) in [6, 6.07) is 21.2. The van der Waals surface area contributed by atoms with E-state index in [1.165, 1.54) is 0 Å². The molecule has 0 fully saturated rings. The van der Waals surface area contributed by atoms with Gasteiger partial charge in [-0.2, -0.15) is 0 Å². The van der Waals surface area contributed by atoms with E-state index in [0.29, 0.717) is 52.1 Å². The first kappa shape index (κ1) is 22.5. The van der Waals surface area contributed by atoms with Gasteiger partial charge in [0.05, 0.1) is 34.1 Å². The van der Waals surface area contributed by atoms with Crippen LogP contribution in [0.1, 0.15) is 53.1 Å². The van der Waals surface area contributed by atoms with E-state index in [9.17, 15) is 9.90 Å². The van der Waals surface area contributed by atoms with Gasteiger partial charge in [-0.3, -0.25) is 13.8 Å². The van der Waals surface area contributed by atoms with Gasteiger partial charge in [0, 0.05) is 0 Å². The number of carbonyl (C=O) groups excluding carboxylic acids is 1. The zero-order valence-electron chi connectivity index (χ0n) is 21.0. The van der Waals surface area contributed by atoms with Gasteiger partial charge in [-0.15, -0.1) is 0 Å². The molecule has 38 heavy (non-hydrogen) atoms. The summed E-state index contributed by atoms with van der Waals surface area (Å²) in [4.78, 5) is 23.0. The van der Waals surface area contributed by atoms with E-state index in [0.717, 1.165) is 28.6 Å². The molecule has 0 aliphatic carbocycles. The minimum atomic E-state index is -0.515. The summed E-state index contributed by atoms with van der Waals surface area (Å²) in [6.07, 6.45) is 0.942. The number of nitrogens with two attached hydrogens (primary N) is 1. The molecule has 188 valence electrons. The number of amides is 1. The lowest BCUT2D eigenvalue weighted by Gasteiger charge is -2.19. The molecular formula is C30H25N5O3. The van der Waals surface area contributed by atoms with E-state index in [1.807, 2.05) is 85.0 Å². The van der Waals surface area contributed by atoms with E-state index in [2.05, 4.69) is 4.99 Å². The van der Waals surface area contributed by atoms with Crippen LogP contribution in [-0.2, 0) is 0 Å². The lowest BCUT2D eigenvalue weighted by atomic mass is 10.0. The van der Waals surface area contributed by atoms with Crippen LogP contribution in [0, 0.1) is 6.92 Å². The highest BCUT2D eigenvalue weighted by molar-refractivity contribution is 6.31. The van der Waals surface area contributed by atoms with Crippen LogP contribution in [-0.4, -0.2) is 30.7 Å². The standard InChI is InChI=1S/C30H25N5O3/c1-3-7-21(31)35-27(17-14-12-16(2)13-15-17)24-23(30(35)37)26(33-29(24)36)25-19-9-6-11-22-34(19)28(32-25)18-8-4-5-10-20(18)38-22/h4-6,8-15,21,37H,3,7,31H2,1-2H3. The molecule has 7 rings (SSSR count). The third-order valence-corrected chi connectivity index (χ3v) is 7.28. The van der Waals surface area contributed by atoms with Crippen molar-refractivity contribution < 1.29 is 14.6 Å². The molecule has 5 aromatic rings. The van der Waals surface area contributed by atoms with Gasteiger partial charge >= 0.3 is 0 Å². The fourth-order valence-electron chi connectivity index (χ4n) is 5.53. The highest BCUT2D eigenvalue weighted by Crippen LogP contribution is 2.45. The van der Waals surface area contributed by atoms with Crippen LogP contribution in [0.5, 0.6) is 17.5 Å². The van der Waals surface area contributed by atoms with Crippen molar-refractivity contribution in [3.8, 4) is 40.2 Å². The number of para-hydroxylation sites is 1. The second kappa shape index (κ2) is 8.16. The fraction of sp³-hybridized carbons (Fsp3) is 0.167. The van der Waals surface area contributed by atoms with Crippen molar-refractivity contribution in [1.82, 2.24) is 14.0 Å². The molecule has 2 aliphatic heterocycles. The number of hydrogen-bond acceptors (Lipinski definition) is 5.